The molecular weight excluding hydrogens is 324 g/mol. The Hall–Kier alpha value is -1.72. The summed E-state index contributed by atoms with van der Waals surface area (Å²) in [6.07, 6.45) is 0. The number of primary amides is 1. The number of fused-ring (bicyclic) bond motifs is 1. The number of carbonyl (C=O) groups is 1. The zero-order valence-corrected chi connectivity index (χ0v) is 12.2. The Morgan fingerprint density at radius 1 is 1.21 bits per heavy atom. The summed E-state index contributed by atoms with van der Waals surface area (Å²) in [7, 11) is 0. The van der Waals surface area contributed by atoms with E-state index in [1.54, 1.807) is 23.5 Å². The van der Waals surface area contributed by atoms with Gasteiger partial charge in [0, 0.05) is 15.6 Å². The number of benzene rings is 2. The van der Waals surface area contributed by atoms with Crippen LogP contribution in [0.15, 0.2) is 46.9 Å². The number of nitrogens with two attached hydrogens (primary N) is 1. The second-order valence-electron chi connectivity index (χ2n) is 4.08. The molecule has 0 aliphatic heterocycles. The highest BCUT2D eigenvalue weighted by Crippen LogP contribution is 2.31. The van der Waals surface area contributed by atoms with Crippen LogP contribution in [0.5, 0.6) is 0 Å². The number of aromatic nitrogens is 1. The Balaban J connectivity index is 2.14. The lowest BCUT2D eigenvalue weighted by Gasteiger charge is -1.95. The van der Waals surface area contributed by atoms with Crippen molar-refractivity contribution in [3.63, 3.8) is 0 Å². The fourth-order valence-electron chi connectivity index (χ4n) is 1.82. The molecule has 2 N–H and O–H groups in total. The lowest BCUT2D eigenvalue weighted by Crippen LogP contribution is -2.10. The van der Waals surface area contributed by atoms with Crippen molar-refractivity contribution in [3.05, 3.63) is 52.5 Å². The second-order valence-corrected chi connectivity index (χ2v) is 6.02. The molecule has 0 saturated heterocycles. The molecule has 94 valence electrons. The molecule has 0 bridgehead atoms. The molecule has 2 aromatic carbocycles. The maximum absolute atomic E-state index is 11.2. The van der Waals surface area contributed by atoms with Gasteiger partial charge in [0.2, 0.25) is 5.91 Å². The Morgan fingerprint density at radius 2 is 2.05 bits per heavy atom. The average molecular weight is 333 g/mol. The van der Waals surface area contributed by atoms with E-state index in [1.165, 1.54) is 0 Å². The van der Waals surface area contributed by atoms with E-state index in [4.69, 9.17) is 5.73 Å². The Morgan fingerprint density at radius 3 is 2.79 bits per heavy atom. The topological polar surface area (TPSA) is 56.0 Å². The van der Waals surface area contributed by atoms with Crippen LogP contribution in [-0.4, -0.2) is 10.9 Å². The average Bonchev–Trinajstić information content (AvgIpc) is 2.81. The van der Waals surface area contributed by atoms with Crippen LogP contribution in [0.2, 0.25) is 0 Å². The number of rotatable bonds is 2. The summed E-state index contributed by atoms with van der Waals surface area (Å²) in [6, 6.07) is 13.3. The molecule has 1 heterocycles. The van der Waals surface area contributed by atoms with Gasteiger partial charge in [-0.25, -0.2) is 4.98 Å². The molecule has 3 nitrogen and oxygen atoms in total. The van der Waals surface area contributed by atoms with E-state index in [0.29, 0.717) is 5.56 Å². The van der Waals surface area contributed by atoms with Crippen molar-refractivity contribution < 1.29 is 4.79 Å². The third kappa shape index (κ3) is 2.39. The summed E-state index contributed by atoms with van der Waals surface area (Å²) in [6.45, 7) is 0. The molecule has 0 aliphatic rings. The van der Waals surface area contributed by atoms with E-state index in [2.05, 4.69) is 20.9 Å². The summed E-state index contributed by atoms with van der Waals surface area (Å²) in [5.41, 5.74) is 7.72. The maximum atomic E-state index is 11.2. The second kappa shape index (κ2) is 4.75. The molecule has 0 fully saturated rings. The minimum absolute atomic E-state index is 0.417. The van der Waals surface area contributed by atoms with Crippen LogP contribution < -0.4 is 5.73 Å². The minimum Gasteiger partial charge on any atom is -0.366 e. The van der Waals surface area contributed by atoms with Crippen molar-refractivity contribution in [1.82, 2.24) is 4.98 Å². The van der Waals surface area contributed by atoms with Crippen molar-refractivity contribution in [1.29, 1.82) is 0 Å². The van der Waals surface area contributed by atoms with Crippen LogP contribution in [0, 0.1) is 0 Å². The standard InChI is InChI=1S/C14H9BrN2OS/c15-10-3-1-2-9(6-10)14-17-11-5-4-8(13(16)18)7-12(11)19-14/h1-7H,(H2,16,18). The first-order valence-corrected chi connectivity index (χ1v) is 7.21. The smallest absolute Gasteiger partial charge is 0.248 e. The number of carbonyl (C=O) groups excluding carboxylic acids is 1. The molecule has 0 saturated carbocycles. The fraction of sp³-hybridized carbons (Fsp3) is 0. The quantitative estimate of drug-likeness (QED) is 0.775. The van der Waals surface area contributed by atoms with E-state index in [9.17, 15) is 4.79 Å². The number of halogens is 1. The highest BCUT2D eigenvalue weighted by atomic mass is 79.9. The third-order valence-electron chi connectivity index (χ3n) is 2.74. The van der Waals surface area contributed by atoms with Gasteiger partial charge in [-0.3, -0.25) is 4.79 Å². The maximum Gasteiger partial charge on any atom is 0.248 e. The van der Waals surface area contributed by atoms with Gasteiger partial charge in [0.05, 0.1) is 10.2 Å². The van der Waals surface area contributed by atoms with Gasteiger partial charge < -0.3 is 5.73 Å². The molecule has 3 aromatic rings. The molecule has 0 unspecified atom stereocenters. The first kappa shape index (κ1) is 12.3. The van der Waals surface area contributed by atoms with Gasteiger partial charge in [-0.1, -0.05) is 28.1 Å². The lowest BCUT2D eigenvalue weighted by molar-refractivity contribution is 0.100. The van der Waals surface area contributed by atoms with Crippen molar-refractivity contribution in [3.8, 4) is 10.6 Å². The number of nitrogens with zero attached hydrogens (tertiary/aromatic N) is 1. The lowest BCUT2D eigenvalue weighted by atomic mass is 10.2. The van der Waals surface area contributed by atoms with Crippen LogP contribution in [0.25, 0.3) is 20.8 Å². The number of amides is 1. The Bertz CT molecular complexity index is 782. The Labute approximate surface area is 122 Å². The van der Waals surface area contributed by atoms with Crippen molar-refractivity contribution in [2.24, 2.45) is 5.73 Å². The number of hydrogen-bond acceptors (Lipinski definition) is 3. The van der Waals surface area contributed by atoms with Crippen molar-refractivity contribution in [2.45, 2.75) is 0 Å². The summed E-state index contributed by atoms with van der Waals surface area (Å²) in [5, 5.41) is 0.929. The normalized spacial score (nSPS) is 10.8. The minimum atomic E-state index is -0.417. The van der Waals surface area contributed by atoms with Crippen molar-refractivity contribution in [2.75, 3.05) is 0 Å². The van der Waals surface area contributed by atoms with Gasteiger partial charge in [-0.05, 0) is 30.3 Å². The molecule has 0 radical (unpaired) electrons. The molecule has 1 amide bonds. The van der Waals surface area contributed by atoms with E-state index >= 15 is 0 Å². The van der Waals surface area contributed by atoms with E-state index in [0.717, 1.165) is 25.3 Å². The van der Waals surface area contributed by atoms with Gasteiger partial charge in [-0.2, -0.15) is 0 Å². The van der Waals surface area contributed by atoms with Gasteiger partial charge in [0.25, 0.3) is 0 Å². The third-order valence-corrected chi connectivity index (χ3v) is 4.31. The van der Waals surface area contributed by atoms with Crippen LogP contribution in [0.3, 0.4) is 0 Å². The first-order chi connectivity index (χ1) is 9.13. The highest BCUT2D eigenvalue weighted by Gasteiger charge is 2.08. The summed E-state index contributed by atoms with van der Waals surface area (Å²) in [4.78, 5) is 15.7. The van der Waals surface area contributed by atoms with Crippen LogP contribution in [-0.2, 0) is 0 Å². The fourth-order valence-corrected chi connectivity index (χ4v) is 3.22. The molecule has 19 heavy (non-hydrogen) atoms. The zero-order valence-electron chi connectivity index (χ0n) is 9.76. The van der Waals surface area contributed by atoms with Crippen LogP contribution in [0.4, 0.5) is 0 Å². The summed E-state index contributed by atoms with van der Waals surface area (Å²) >= 11 is 5.00. The van der Waals surface area contributed by atoms with E-state index in [-0.39, 0.29) is 0 Å². The van der Waals surface area contributed by atoms with Crippen LogP contribution >= 0.6 is 27.3 Å². The largest absolute Gasteiger partial charge is 0.366 e. The molecule has 5 heteroatoms. The van der Waals surface area contributed by atoms with Gasteiger partial charge >= 0.3 is 0 Å². The monoisotopic (exact) mass is 332 g/mol. The molecule has 0 atom stereocenters. The van der Waals surface area contributed by atoms with Crippen LogP contribution in [0.1, 0.15) is 10.4 Å². The van der Waals surface area contributed by atoms with Gasteiger partial charge in [-0.15, -0.1) is 11.3 Å². The number of hydrogen-bond donors (Lipinski definition) is 1. The SMILES string of the molecule is NC(=O)c1ccc2nc(-c3cccc(Br)c3)sc2c1. The highest BCUT2D eigenvalue weighted by molar-refractivity contribution is 9.10. The summed E-state index contributed by atoms with van der Waals surface area (Å²) < 4.78 is 1.98. The Kier molecular flexibility index (Phi) is 3.08. The molecule has 3 rings (SSSR count). The zero-order chi connectivity index (χ0) is 13.4. The predicted molar refractivity (Wildman–Crippen MR) is 81.3 cm³/mol. The van der Waals surface area contributed by atoms with E-state index in [1.807, 2.05) is 30.3 Å². The predicted octanol–water partition coefficient (Wildman–Crippen LogP) is 3.82. The molecular formula is C14H9BrN2OS. The van der Waals surface area contributed by atoms with E-state index < -0.39 is 5.91 Å². The molecule has 0 aliphatic carbocycles. The van der Waals surface area contributed by atoms with Gasteiger partial charge in [0.15, 0.2) is 0 Å². The first-order valence-electron chi connectivity index (χ1n) is 5.60. The molecule has 0 spiro atoms. The number of thiazole rings is 1. The molecule has 1 aromatic heterocycles. The summed E-state index contributed by atoms with van der Waals surface area (Å²) in [5.74, 6) is -0.417. The van der Waals surface area contributed by atoms with Crippen molar-refractivity contribution >= 4 is 43.4 Å². The van der Waals surface area contributed by atoms with Gasteiger partial charge in [0.1, 0.15) is 5.01 Å².